The smallest absolute Gasteiger partial charge is 0.333 e. The zero-order chi connectivity index (χ0) is 27.1. The largest absolute Gasteiger partial charge is 0.492 e. The van der Waals surface area contributed by atoms with Crippen molar-refractivity contribution in [1.29, 1.82) is 0 Å². The first kappa shape index (κ1) is 27.9. The lowest BCUT2D eigenvalue weighted by Crippen LogP contribution is -2.30. The number of aliphatic carboxylic acids is 1. The molecular formula is C33H41NO4. The third kappa shape index (κ3) is 6.83. The van der Waals surface area contributed by atoms with Gasteiger partial charge in [-0.05, 0) is 85.7 Å². The zero-order valence-corrected chi connectivity index (χ0v) is 23.2. The van der Waals surface area contributed by atoms with E-state index in [4.69, 9.17) is 9.47 Å². The minimum absolute atomic E-state index is 0.190. The Bertz CT molecular complexity index is 1220. The standard InChI is InChI=1S/C33H41NO4/c1-5-7-24-11-17-29-27(21-24)14-13-26-12-8-23(3)20-30(26)32(29)34(4)18-19-38-28-15-9-25(10-16-28)22-31(33(35)36)37-6-2/h8-12,15-17,20-21,31-32H,5-7,13-14,18-19,22H2,1-4H3,(H,35,36). The molecule has 4 rings (SSSR count). The van der Waals surface area contributed by atoms with Crippen molar-refractivity contribution < 1.29 is 19.4 Å². The van der Waals surface area contributed by atoms with Gasteiger partial charge in [-0.1, -0.05) is 67.4 Å². The van der Waals surface area contributed by atoms with E-state index in [0.717, 1.165) is 43.5 Å². The number of benzene rings is 3. The van der Waals surface area contributed by atoms with Crippen LogP contribution in [0, 0.1) is 6.92 Å². The Morgan fingerprint density at radius 3 is 2.42 bits per heavy atom. The van der Waals surface area contributed by atoms with Crippen LogP contribution in [0.3, 0.4) is 0 Å². The highest BCUT2D eigenvalue weighted by Crippen LogP contribution is 2.37. The number of likely N-dealkylation sites (N-methyl/N-ethyl adjacent to an activating group) is 1. The van der Waals surface area contributed by atoms with Crippen molar-refractivity contribution in [3.8, 4) is 5.75 Å². The number of aryl methyl sites for hydroxylation is 4. The normalized spacial score (nSPS) is 15.4. The average molecular weight is 516 g/mol. The third-order valence-corrected chi connectivity index (χ3v) is 7.44. The van der Waals surface area contributed by atoms with E-state index >= 15 is 0 Å². The van der Waals surface area contributed by atoms with Gasteiger partial charge in [0, 0.05) is 19.6 Å². The Morgan fingerprint density at radius 1 is 0.974 bits per heavy atom. The average Bonchev–Trinajstić information content (AvgIpc) is 3.05. The summed E-state index contributed by atoms with van der Waals surface area (Å²) in [5.41, 5.74) is 9.34. The van der Waals surface area contributed by atoms with Crippen LogP contribution in [0.2, 0.25) is 0 Å². The molecule has 2 unspecified atom stereocenters. The van der Waals surface area contributed by atoms with E-state index in [9.17, 15) is 9.90 Å². The molecule has 0 radical (unpaired) electrons. The molecule has 0 aliphatic heterocycles. The molecular weight excluding hydrogens is 474 g/mol. The Balaban J connectivity index is 1.46. The number of carboxylic acid groups (broad SMARTS) is 1. The lowest BCUT2D eigenvalue weighted by Gasteiger charge is -2.31. The van der Waals surface area contributed by atoms with Gasteiger partial charge in [-0.25, -0.2) is 4.79 Å². The number of hydrogen-bond acceptors (Lipinski definition) is 4. The molecule has 38 heavy (non-hydrogen) atoms. The second kappa shape index (κ2) is 13.1. The van der Waals surface area contributed by atoms with E-state index < -0.39 is 12.1 Å². The second-order valence-corrected chi connectivity index (χ2v) is 10.3. The fraction of sp³-hybridized carbons (Fsp3) is 0.424. The van der Waals surface area contributed by atoms with Gasteiger partial charge in [-0.3, -0.25) is 4.90 Å². The van der Waals surface area contributed by atoms with Gasteiger partial charge in [0.05, 0.1) is 6.04 Å². The molecule has 5 nitrogen and oxygen atoms in total. The molecule has 0 saturated heterocycles. The first-order chi connectivity index (χ1) is 18.4. The van der Waals surface area contributed by atoms with E-state index in [0.29, 0.717) is 19.6 Å². The van der Waals surface area contributed by atoms with Crippen LogP contribution in [0.25, 0.3) is 0 Å². The maximum atomic E-state index is 11.4. The first-order valence-electron chi connectivity index (χ1n) is 13.9. The molecule has 1 N–H and O–H groups in total. The first-order valence-corrected chi connectivity index (χ1v) is 13.9. The summed E-state index contributed by atoms with van der Waals surface area (Å²) in [7, 11) is 2.19. The Morgan fingerprint density at radius 2 is 1.71 bits per heavy atom. The van der Waals surface area contributed by atoms with Crippen LogP contribution in [-0.4, -0.2) is 48.9 Å². The summed E-state index contributed by atoms with van der Waals surface area (Å²) in [5.74, 6) is -0.152. The highest BCUT2D eigenvalue weighted by molar-refractivity contribution is 5.72. The molecule has 0 aromatic heterocycles. The zero-order valence-electron chi connectivity index (χ0n) is 23.2. The molecule has 0 saturated carbocycles. The van der Waals surface area contributed by atoms with Crippen molar-refractivity contribution in [2.45, 2.75) is 65.0 Å². The van der Waals surface area contributed by atoms with Gasteiger partial charge >= 0.3 is 5.97 Å². The van der Waals surface area contributed by atoms with Gasteiger partial charge in [0.2, 0.25) is 0 Å². The predicted molar refractivity (Wildman–Crippen MR) is 152 cm³/mol. The maximum absolute atomic E-state index is 11.4. The van der Waals surface area contributed by atoms with Crippen molar-refractivity contribution in [1.82, 2.24) is 4.90 Å². The van der Waals surface area contributed by atoms with Crippen LogP contribution < -0.4 is 4.74 Å². The summed E-state index contributed by atoms with van der Waals surface area (Å²) in [6, 6.07) is 21.8. The molecule has 0 bridgehead atoms. The van der Waals surface area contributed by atoms with Crippen molar-refractivity contribution in [2.24, 2.45) is 0 Å². The fourth-order valence-corrected chi connectivity index (χ4v) is 5.49. The van der Waals surface area contributed by atoms with Crippen LogP contribution in [0.4, 0.5) is 0 Å². The molecule has 1 aliphatic rings. The summed E-state index contributed by atoms with van der Waals surface area (Å²) in [6.45, 7) is 7.94. The van der Waals surface area contributed by atoms with Crippen molar-refractivity contribution in [2.75, 3.05) is 26.8 Å². The SMILES string of the molecule is CCCc1ccc2c(c1)CCc1ccc(C)cc1C2N(C)CCOc1ccc(CC(OCC)C(=O)O)cc1. The molecule has 202 valence electrons. The second-order valence-electron chi connectivity index (χ2n) is 10.3. The number of nitrogens with zero attached hydrogens (tertiary/aromatic N) is 1. The topological polar surface area (TPSA) is 59.0 Å². The maximum Gasteiger partial charge on any atom is 0.333 e. The molecule has 3 aromatic carbocycles. The van der Waals surface area contributed by atoms with Crippen LogP contribution in [-0.2, 0) is 35.2 Å². The Labute approximate surface area is 227 Å². The number of fused-ring (bicyclic) bond motifs is 2. The highest BCUT2D eigenvalue weighted by Gasteiger charge is 2.27. The van der Waals surface area contributed by atoms with Crippen molar-refractivity contribution in [3.05, 3.63) is 99.6 Å². The number of rotatable bonds is 12. The number of hydrogen-bond donors (Lipinski definition) is 1. The van der Waals surface area contributed by atoms with Crippen LogP contribution in [0.1, 0.15) is 65.3 Å². The van der Waals surface area contributed by atoms with Gasteiger partial charge in [-0.15, -0.1) is 0 Å². The summed E-state index contributed by atoms with van der Waals surface area (Å²) in [6.07, 6.45) is 3.93. The summed E-state index contributed by atoms with van der Waals surface area (Å²) in [4.78, 5) is 13.8. The van der Waals surface area contributed by atoms with Crippen LogP contribution in [0.15, 0.2) is 60.7 Å². The molecule has 0 spiro atoms. The molecule has 0 amide bonds. The van der Waals surface area contributed by atoms with E-state index in [1.54, 1.807) is 6.92 Å². The molecule has 2 atom stereocenters. The number of ether oxygens (including phenoxy) is 2. The Kier molecular flexibility index (Phi) is 9.59. The molecule has 0 heterocycles. The quantitative estimate of drug-likeness (QED) is 0.312. The number of carboxylic acids is 1. The molecule has 0 fully saturated rings. The highest BCUT2D eigenvalue weighted by atomic mass is 16.5. The Hall–Kier alpha value is -3.15. The van der Waals surface area contributed by atoms with E-state index in [1.165, 1.54) is 33.4 Å². The molecule has 5 heteroatoms. The monoisotopic (exact) mass is 515 g/mol. The van der Waals surface area contributed by atoms with Crippen molar-refractivity contribution >= 4 is 5.97 Å². The fourth-order valence-electron chi connectivity index (χ4n) is 5.49. The summed E-state index contributed by atoms with van der Waals surface area (Å²) >= 11 is 0. The van der Waals surface area contributed by atoms with Gasteiger partial charge in [-0.2, -0.15) is 0 Å². The van der Waals surface area contributed by atoms with Crippen molar-refractivity contribution in [3.63, 3.8) is 0 Å². The van der Waals surface area contributed by atoms with Gasteiger partial charge < -0.3 is 14.6 Å². The summed E-state index contributed by atoms with van der Waals surface area (Å²) < 4.78 is 11.5. The lowest BCUT2D eigenvalue weighted by molar-refractivity contribution is -0.149. The molecule has 1 aliphatic carbocycles. The number of carbonyl (C=O) groups is 1. The minimum atomic E-state index is -0.936. The van der Waals surface area contributed by atoms with E-state index in [-0.39, 0.29) is 6.04 Å². The third-order valence-electron chi connectivity index (χ3n) is 7.44. The minimum Gasteiger partial charge on any atom is -0.492 e. The predicted octanol–water partition coefficient (Wildman–Crippen LogP) is 6.18. The van der Waals surface area contributed by atoms with Gasteiger partial charge in [0.15, 0.2) is 6.10 Å². The van der Waals surface area contributed by atoms with Gasteiger partial charge in [0.25, 0.3) is 0 Å². The van der Waals surface area contributed by atoms with Gasteiger partial charge in [0.1, 0.15) is 12.4 Å². The summed E-state index contributed by atoms with van der Waals surface area (Å²) in [5, 5.41) is 9.33. The van der Waals surface area contributed by atoms with E-state index in [2.05, 4.69) is 62.2 Å². The lowest BCUT2D eigenvalue weighted by atomic mass is 9.91. The van der Waals surface area contributed by atoms with Crippen LogP contribution in [0.5, 0.6) is 5.75 Å². The van der Waals surface area contributed by atoms with E-state index in [1.807, 2.05) is 24.3 Å². The van der Waals surface area contributed by atoms with Crippen LogP contribution >= 0.6 is 0 Å². The molecule has 3 aromatic rings.